The molecule has 1 aromatic rings. The van der Waals surface area contributed by atoms with Gasteiger partial charge in [-0.3, -0.25) is 9.79 Å². The van der Waals surface area contributed by atoms with Gasteiger partial charge in [0.25, 0.3) is 5.91 Å². The third-order valence-corrected chi connectivity index (χ3v) is 7.49. The zero-order chi connectivity index (χ0) is 18.7. The zero-order valence-corrected chi connectivity index (χ0v) is 16.5. The lowest BCUT2D eigenvalue weighted by atomic mass is 10.1. The first-order chi connectivity index (χ1) is 12.4. The molecule has 1 aromatic carbocycles. The molecule has 3 rings (SSSR count). The predicted octanol–water partition coefficient (Wildman–Crippen LogP) is 2.09. The van der Waals surface area contributed by atoms with E-state index in [9.17, 15) is 13.2 Å². The van der Waals surface area contributed by atoms with Crippen molar-refractivity contribution in [3.05, 3.63) is 23.8 Å². The van der Waals surface area contributed by atoms with E-state index < -0.39 is 10.0 Å². The van der Waals surface area contributed by atoms with Crippen molar-refractivity contribution in [2.45, 2.75) is 37.1 Å². The van der Waals surface area contributed by atoms with Gasteiger partial charge in [0.1, 0.15) is 10.6 Å². The Kier molecular flexibility index (Phi) is 5.89. The molecule has 1 N–H and O–H groups in total. The average Bonchev–Trinajstić information content (AvgIpc) is 3.14. The van der Waals surface area contributed by atoms with Crippen LogP contribution in [0.1, 0.15) is 36.5 Å². The van der Waals surface area contributed by atoms with Crippen LogP contribution in [0.15, 0.2) is 28.1 Å². The van der Waals surface area contributed by atoms with E-state index in [1.54, 1.807) is 6.07 Å². The van der Waals surface area contributed by atoms with Gasteiger partial charge in [-0.1, -0.05) is 18.2 Å². The molecule has 0 aliphatic carbocycles. The lowest BCUT2D eigenvalue weighted by Crippen LogP contribution is -2.42. The third-order valence-electron chi connectivity index (χ3n) is 4.56. The van der Waals surface area contributed by atoms with Gasteiger partial charge in [0, 0.05) is 23.9 Å². The molecule has 0 saturated carbocycles. The lowest BCUT2D eigenvalue weighted by Gasteiger charge is -2.32. The van der Waals surface area contributed by atoms with Gasteiger partial charge in [-0.2, -0.15) is 4.31 Å². The molecular weight excluding hydrogens is 374 g/mol. The molecule has 1 atom stereocenters. The number of hydrogen-bond acceptors (Lipinski definition) is 6. The fourth-order valence-electron chi connectivity index (χ4n) is 3.15. The summed E-state index contributed by atoms with van der Waals surface area (Å²) in [6.45, 7) is 3.07. The van der Waals surface area contributed by atoms with Crippen LogP contribution < -0.4 is 10.1 Å². The van der Waals surface area contributed by atoms with Crippen LogP contribution in [0, 0.1) is 0 Å². The number of carbonyl (C=O) groups is 1. The number of aliphatic imine (C=N–C) groups is 1. The molecular formula is C17H23N3O4S2. The highest BCUT2D eigenvalue weighted by Gasteiger charge is 2.33. The van der Waals surface area contributed by atoms with Crippen molar-refractivity contribution >= 4 is 32.9 Å². The van der Waals surface area contributed by atoms with Crippen LogP contribution >= 0.6 is 11.8 Å². The SMILES string of the molecule is COc1ccc(C(=O)NC2=NCCS2)cc1S(=O)(=O)N1CCCC[C@H]1C. The van der Waals surface area contributed by atoms with Gasteiger partial charge in [-0.15, -0.1) is 0 Å². The van der Waals surface area contributed by atoms with Crippen LogP contribution in [-0.4, -0.2) is 55.8 Å². The van der Waals surface area contributed by atoms with E-state index in [-0.39, 0.29) is 28.2 Å². The molecule has 0 aromatic heterocycles. The van der Waals surface area contributed by atoms with Crippen molar-refractivity contribution < 1.29 is 17.9 Å². The first kappa shape index (κ1) is 19.2. The number of benzene rings is 1. The van der Waals surface area contributed by atoms with Crippen molar-refractivity contribution in [3.63, 3.8) is 0 Å². The molecule has 142 valence electrons. The van der Waals surface area contributed by atoms with E-state index in [4.69, 9.17) is 4.74 Å². The van der Waals surface area contributed by atoms with E-state index in [2.05, 4.69) is 10.3 Å². The van der Waals surface area contributed by atoms with Crippen molar-refractivity contribution in [3.8, 4) is 5.75 Å². The Labute approximate surface area is 158 Å². The number of hydrogen-bond donors (Lipinski definition) is 1. The zero-order valence-electron chi connectivity index (χ0n) is 14.9. The van der Waals surface area contributed by atoms with E-state index in [1.807, 2.05) is 6.92 Å². The Bertz CT molecular complexity index is 823. The predicted molar refractivity (Wildman–Crippen MR) is 102 cm³/mol. The van der Waals surface area contributed by atoms with Gasteiger partial charge < -0.3 is 10.1 Å². The molecule has 1 saturated heterocycles. The van der Waals surface area contributed by atoms with Gasteiger partial charge in [0.2, 0.25) is 10.0 Å². The monoisotopic (exact) mass is 397 g/mol. The number of rotatable bonds is 4. The van der Waals surface area contributed by atoms with Gasteiger partial charge in [-0.05, 0) is 38.0 Å². The summed E-state index contributed by atoms with van der Waals surface area (Å²) in [4.78, 5) is 16.7. The molecule has 0 spiro atoms. The van der Waals surface area contributed by atoms with E-state index in [0.717, 1.165) is 25.0 Å². The molecule has 0 bridgehead atoms. The van der Waals surface area contributed by atoms with Gasteiger partial charge >= 0.3 is 0 Å². The Morgan fingerprint density at radius 2 is 2.19 bits per heavy atom. The normalized spacial score (nSPS) is 21.3. The number of sulfonamides is 1. The third kappa shape index (κ3) is 3.89. The number of nitrogens with one attached hydrogen (secondary N) is 1. The average molecular weight is 398 g/mol. The Balaban J connectivity index is 1.93. The number of amides is 1. The molecule has 1 fully saturated rings. The Morgan fingerprint density at radius 1 is 1.38 bits per heavy atom. The lowest BCUT2D eigenvalue weighted by molar-refractivity contribution is 0.0977. The van der Waals surface area contributed by atoms with Crippen molar-refractivity contribution in [1.29, 1.82) is 0 Å². The summed E-state index contributed by atoms with van der Waals surface area (Å²) < 4.78 is 33.1. The first-order valence-corrected chi connectivity index (χ1v) is 11.0. The largest absolute Gasteiger partial charge is 0.495 e. The molecule has 2 aliphatic heterocycles. The van der Waals surface area contributed by atoms with Crippen molar-refractivity contribution in [2.24, 2.45) is 4.99 Å². The van der Waals surface area contributed by atoms with Crippen LogP contribution in [0.3, 0.4) is 0 Å². The summed E-state index contributed by atoms with van der Waals surface area (Å²) in [6.07, 6.45) is 2.69. The molecule has 1 amide bonds. The number of piperidine rings is 1. The summed E-state index contributed by atoms with van der Waals surface area (Å²) in [5, 5.41) is 3.29. The molecule has 26 heavy (non-hydrogen) atoms. The maximum atomic E-state index is 13.2. The molecule has 0 radical (unpaired) electrons. The van der Waals surface area contributed by atoms with E-state index in [1.165, 1.54) is 35.3 Å². The van der Waals surface area contributed by atoms with E-state index in [0.29, 0.717) is 18.3 Å². The minimum atomic E-state index is -3.74. The maximum absolute atomic E-state index is 13.2. The number of thioether (sulfide) groups is 1. The number of carbonyl (C=O) groups excluding carboxylic acids is 1. The second-order valence-electron chi connectivity index (χ2n) is 6.32. The highest BCUT2D eigenvalue weighted by atomic mass is 32.2. The molecule has 9 heteroatoms. The number of ether oxygens (including phenoxy) is 1. The van der Waals surface area contributed by atoms with E-state index >= 15 is 0 Å². The van der Waals surface area contributed by atoms with Gasteiger partial charge in [0.15, 0.2) is 5.17 Å². The standard InChI is InChI=1S/C17H23N3O4S2/c1-12-5-3-4-9-20(12)26(22,23)15-11-13(6-7-14(15)24-2)16(21)19-17-18-8-10-25-17/h6-7,11-12H,3-5,8-10H2,1-2H3,(H,18,19,21)/t12-/m1/s1. The van der Waals surface area contributed by atoms with Gasteiger partial charge in [-0.25, -0.2) is 8.42 Å². The van der Waals surface area contributed by atoms with Crippen LogP contribution in [0.2, 0.25) is 0 Å². The Hall–Kier alpha value is -1.58. The molecule has 0 unspecified atom stereocenters. The van der Waals surface area contributed by atoms with Crippen molar-refractivity contribution in [2.75, 3.05) is 26.0 Å². The fourth-order valence-corrected chi connectivity index (χ4v) is 5.76. The smallest absolute Gasteiger partial charge is 0.257 e. The summed E-state index contributed by atoms with van der Waals surface area (Å²) in [6, 6.07) is 4.41. The van der Waals surface area contributed by atoms with Crippen molar-refractivity contribution in [1.82, 2.24) is 9.62 Å². The summed E-state index contributed by atoms with van der Waals surface area (Å²) in [5.74, 6) is 0.709. The topological polar surface area (TPSA) is 88.1 Å². The second-order valence-corrected chi connectivity index (χ2v) is 9.26. The highest BCUT2D eigenvalue weighted by molar-refractivity contribution is 8.14. The minimum Gasteiger partial charge on any atom is -0.495 e. The highest BCUT2D eigenvalue weighted by Crippen LogP contribution is 2.31. The van der Waals surface area contributed by atoms with Crippen LogP contribution in [-0.2, 0) is 10.0 Å². The Morgan fingerprint density at radius 3 is 2.85 bits per heavy atom. The molecule has 2 heterocycles. The van der Waals surface area contributed by atoms with Crippen LogP contribution in [0.5, 0.6) is 5.75 Å². The number of methoxy groups -OCH3 is 1. The quantitative estimate of drug-likeness (QED) is 0.840. The first-order valence-electron chi connectivity index (χ1n) is 8.62. The summed E-state index contributed by atoms with van der Waals surface area (Å²) in [7, 11) is -2.32. The molecule has 7 nitrogen and oxygen atoms in total. The maximum Gasteiger partial charge on any atom is 0.257 e. The minimum absolute atomic E-state index is 0.0300. The number of amidine groups is 1. The van der Waals surface area contributed by atoms with Crippen LogP contribution in [0.25, 0.3) is 0 Å². The summed E-state index contributed by atoms with van der Waals surface area (Å²) in [5.41, 5.74) is 0.268. The fraction of sp³-hybridized carbons (Fsp3) is 0.529. The summed E-state index contributed by atoms with van der Waals surface area (Å²) >= 11 is 1.47. The number of nitrogens with zero attached hydrogens (tertiary/aromatic N) is 2. The van der Waals surface area contributed by atoms with Gasteiger partial charge in [0.05, 0.1) is 13.7 Å². The van der Waals surface area contributed by atoms with Crippen LogP contribution in [0.4, 0.5) is 0 Å². The second kappa shape index (κ2) is 7.98. The molecule has 2 aliphatic rings.